The maximum absolute atomic E-state index is 7.52. The van der Waals surface area contributed by atoms with Gasteiger partial charge in [0.2, 0.25) is 0 Å². The zero-order valence-electron chi connectivity index (χ0n) is 23.6. The molecule has 0 bridgehead atoms. The molecule has 3 aliphatic rings. The van der Waals surface area contributed by atoms with Crippen molar-refractivity contribution < 1.29 is 18.5 Å². The van der Waals surface area contributed by atoms with Crippen molar-refractivity contribution in [3.63, 3.8) is 0 Å². The molecule has 0 aromatic heterocycles. The summed E-state index contributed by atoms with van der Waals surface area (Å²) >= 11 is 0. The third-order valence-electron chi connectivity index (χ3n) is 8.47. The Kier molecular flexibility index (Phi) is 7.07. The molecule has 3 aliphatic heterocycles. The average molecular weight is 566 g/mol. The molecule has 3 saturated heterocycles. The average Bonchev–Trinajstić information content (AvgIpc) is 3.65. The normalized spacial score (nSPS) is 25.4. The summed E-state index contributed by atoms with van der Waals surface area (Å²) in [5.74, 6) is -0.876. The van der Waals surface area contributed by atoms with Crippen LogP contribution in [0, 0.1) is 0 Å². The van der Waals surface area contributed by atoms with Crippen LogP contribution < -0.4 is 0 Å². The van der Waals surface area contributed by atoms with E-state index >= 15 is 0 Å². The lowest BCUT2D eigenvalue weighted by Gasteiger charge is -2.41. The fourth-order valence-corrected chi connectivity index (χ4v) is 8.65. The molecule has 210 valence electrons. The zero-order chi connectivity index (χ0) is 27.9. The Morgan fingerprint density at radius 2 is 0.854 bits per heavy atom. The van der Waals surface area contributed by atoms with E-state index in [1.165, 1.54) is 0 Å². The summed E-state index contributed by atoms with van der Waals surface area (Å²) in [5, 5.41) is 0. The third-order valence-corrected chi connectivity index (χ3v) is 10.2. The van der Waals surface area contributed by atoms with Crippen LogP contribution in [0.5, 0.6) is 0 Å². The van der Waals surface area contributed by atoms with Crippen LogP contribution in [0.2, 0.25) is 0 Å². The van der Waals surface area contributed by atoms with E-state index in [0.717, 1.165) is 48.2 Å². The first-order valence-corrected chi connectivity index (χ1v) is 15.7. The molecule has 4 aromatic rings. The van der Waals surface area contributed by atoms with E-state index in [0.29, 0.717) is 0 Å². The summed E-state index contributed by atoms with van der Waals surface area (Å²) < 4.78 is 31.5. The molecule has 3 heterocycles. The largest absolute Gasteiger partial charge is 0.341 e. The van der Waals surface area contributed by atoms with Crippen LogP contribution >= 0.6 is 8.53 Å². The smallest absolute Gasteiger partial charge is 0.261 e. The molecular weight excluding hydrogens is 529 g/mol. The lowest BCUT2D eigenvalue weighted by Crippen LogP contribution is -2.53. The molecule has 0 N–H and O–H groups in total. The molecule has 0 aliphatic carbocycles. The number of nitrogens with zero attached hydrogens (tertiary/aromatic N) is 1. The van der Waals surface area contributed by atoms with Crippen molar-refractivity contribution in [3.8, 4) is 0 Å². The molecule has 5 nitrogen and oxygen atoms in total. The Labute approximate surface area is 244 Å². The van der Waals surface area contributed by atoms with E-state index in [9.17, 15) is 0 Å². The second-order valence-electron chi connectivity index (χ2n) is 11.5. The Hall–Kier alpha value is -2.89. The maximum atomic E-state index is 7.52. The minimum atomic E-state index is -1.55. The summed E-state index contributed by atoms with van der Waals surface area (Å²) in [6, 6.07) is 42.0. The molecule has 7 rings (SSSR count). The van der Waals surface area contributed by atoms with Crippen LogP contribution in [0.15, 0.2) is 121 Å². The summed E-state index contributed by atoms with van der Waals surface area (Å²) in [6.45, 7) is 5.83. The van der Waals surface area contributed by atoms with E-state index in [2.05, 4.69) is 102 Å². The molecule has 6 heteroatoms. The van der Waals surface area contributed by atoms with Crippen LogP contribution in [-0.2, 0) is 29.7 Å². The van der Waals surface area contributed by atoms with E-state index < -0.39 is 37.7 Å². The van der Waals surface area contributed by atoms with Crippen molar-refractivity contribution in [2.45, 2.75) is 55.9 Å². The quantitative estimate of drug-likeness (QED) is 0.231. The molecule has 0 radical (unpaired) electrons. The predicted octanol–water partition coefficient (Wildman–Crippen LogP) is 7.76. The number of benzene rings is 4. The monoisotopic (exact) mass is 565 g/mol. The van der Waals surface area contributed by atoms with E-state index in [4.69, 9.17) is 18.5 Å². The molecule has 0 saturated carbocycles. The lowest BCUT2D eigenvalue weighted by atomic mass is 9.72. The van der Waals surface area contributed by atoms with Crippen LogP contribution in [0.1, 0.15) is 48.9 Å². The van der Waals surface area contributed by atoms with E-state index in [1.54, 1.807) is 0 Å². The predicted molar refractivity (Wildman–Crippen MR) is 161 cm³/mol. The first-order chi connectivity index (χ1) is 20.0. The summed E-state index contributed by atoms with van der Waals surface area (Å²) in [7, 11) is -1.55. The lowest BCUT2D eigenvalue weighted by molar-refractivity contribution is -0.175. The standard InChI is InChI=1S/C35H36NO4P/c1-33(2)37-31-32(38-33)35(29-21-11-5-12-22-29,30-23-13-6-14-24-30)40-41(36-25-15-16-26-36)39-34(31,27-17-7-3-8-18-27)28-19-9-4-10-20-28/h3-14,17-24,31-32H,15-16,25-26H2,1-2H3/t31-,32-/m1/s1. The van der Waals surface area contributed by atoms with Gasteiger partial charge in [-0.15, -0.1) is 0 Å². The summed E-state index contributed by atoms with van der Waals surface area (Å²) in [6.07, 6.45) is 1.17. The zero-order valence-corrected chi connectivity index (χ0v) is 24.5. The molecule has 3 fully saturated rings. The van der Waals surface area contributed by atoms with E-state index in [1.807, 2.05) is 38.1 Å². The Morgan fingerprint density at radius 3 is 1.17 bits per heavy atom. The molecular formula is C35H36NO4P. The molecule has 41 heavy (non-hydrogen) atoms. The third kappa shape index (κ3) is 4.56. The summed E-state index contributed by atoms with van der Waals surface area (Å²) in [5.41, 5.74) is 2.12. The maximum Gasteiger partial charge on any atom is 0.261 e. The first-order valence-electron chi connectivity index (χ1n) is 14.5. The van der Waals surface area contributed by atoms with Gasteiger partial charge in [0.05, 0.1) is 0 Å². The highest BCUT2D eigenvalue weighted by molar-refractivity contribution is 7.44. The second kappa shape index (κ2) is 10.7. The Balaban J connectivity index is 1.56. The van der Waals surface area contributed by atoms with Crippen molar-refractivity contribution in [2.24, 2.45) is 0 Å². The Morgan fingerprint density at radius 1 is 0.537 bits per heavy atom. The van der Waals surface area contributed by atoms with Gasteiger partial charge in [-0.2, -0.15) is 0 Å². The molecule has 2 atom stereocenters. The molecule has 0 amide bonds. The Bertz CT molecular complexity index is 1260. The minimum Gasteiger partial charge on any atom is -0.341 e. The van der Waals surface area contributed by atoms with Crippen molar-refractivity contribution in [3.05, 3.63) is 144 Å². The second-order valence-corrected chi connectivity index (χ2v) is 12.9. The van der Waals surface area contributed by atoms with Gasteiger partial charge in [0.1, 0.15) is 12.2 Å². The highest BCUT2D eigenvalue weighted by Gasteiger charge is 2.67. The highest BCUT2D eigenvalue weighted by atomic mass is 31.2. The van der Waals surface area contributed by atoms with Gasteiger partial charge >= 0.3 is 0 Å². The van der Waals surface area contributed by atoms with Crippen molar-refractivity contribution in [2.75, 3.05) is 13.1 Å². The topological polar surface area (TPSA) is 40.2 Å². The fraction of sp³-hybridized carbons (Fsp3) is 0.314. The van der Waals surface area contributed by atoms with E-state index in [-0.39, 0.29) is 0 Å². The van der Waals surface area contributed by atoms with Gasteiger partial charge in [0.15, 0.2) is 17.0 Å². The van der Waals surface area contributed by atoms with Crippen LogP contribution in [-0.4, -0.2) is 35.8 Å². The summed E-state index contributed by atoms with van der Waals surface area (Å²) in [4.78, 5) is 0. The number of ether oxygens (including phenoxy) is 2. The van der Waals surface area contributed by atoms with Crippen LogP contribution in [0.25, 0.3) is 0 Å². The van der Waals surface area contributed by atoms with Crippen molar-refractivity contribution in [1.29, 1.82) is 0 Å². The van der Waals surface area contributed by atoms with Crippen molar-refractivity contribution >= 4 is 8.53 Å². The van der Waals surface area contributed by atoms with Crippen LogP contribution in [0.3, 0.4) is 0 Å². The van der Waals surface area contributed by atoms with Gasteiger partial charge in [-0.25, -0.2) is 4.67 Å². The molecule has 4 aromatic carbocycles. The van der Waals surface area contributed by atoms with Gasteiger partial charge < -0.3 is 18.5 Å². The fourth-order valence-electron chi connectivity index (χ4n) is 6.65. The van der Waals surface area contributed by atoms with Gasteiger partial charge in [-0.05, 0) is 48.9 Å². The van der Waals surface area contributed by atoms with Gasteiger partial charge in [-0.3, -0.25) is 0 Å². The number of fused-ring (bicyclic) bond motifs is 1. The highest BCUT2D eigenvalue weighted by Crippen LogP contribution is 2.66. The number of rotatable bonds is 5. The van der Waals surface area contributed by atoms with Gasteiger partial charge in [-0.1, -0.05) is 121 Å². The molecule has 0 spiro atoms. The van der Waals surface area contributed by atoms with Crippen molar-refractivity contribution in [1.82, 2.24) is 4.67 Å². The first kappa shape index (κ1) is 27.0. The molecule has 0 unspecified atom stereocenters. The van der Waals surface area contributed by atoms with Crippen LogP contribution in [0.4, 0.5) is 0 Å². The minimum absolute atomic E-state index is 0.530. The SMILES string of the molecule is CC1(C)O[C@@H]2[C@@H](O1)C(c1ccccc1)(c1ccccc1)OP(N1CCCC1)OC2(c1ccccc1)c1ccccc1. The van der Waals surface area contributed by atoms with Gasteiger partial charge in [0.25, 0.3) is 8.53 Å². The number of hydrogen-bond acceptors (Lipinski definition) is 5. The van der Waals surface area contributed by atoms with Gasteiger partial charge in [0, 0.05) is 13.1 Å². The number of hydrogen-bond donors (Lipinski definition) is 0.